The zero-order valence-electron chi connectivity index (χ0n) is 13.5. The summed E-state index contributed by atoms with van der Waals surface area (Å²) in [7, 11) is 0. The Morgan fingerprint density at radius 2 is 1.80 bits per heavy atom. The summed E-state index contributed by atoms with van der Waals surface area (Å²) < 4.78 is 0. The molecule has 0 aromatic heterocycles. The first-order chi connectivity index (χ1) is 9.40. The molecule has 0 aliphatic heterocycles. The van der Waals surface area contributed by atoms with E-state index in [9.17, 15) is 0 Å². The molecule has 0 spiro atoms. The van der Waals surface area contributed by atoms with E-state index >= 15 is 0 Å². The van der Waals surface area contributed by atoms with Gasteiger partial charge in [0, 0.05) is 25.2 Å². The lowest BCUT2D eigenvalue weighted by Gasteiger charge is -2.39. The lowest BCUT2D eigenvalue weighted by Crippen LogP contribution is -2.44. The zero-order valence-corrected chi connectivity index (χ0v) is 13.5. The summed E-state index contributed by atoms with van der Waals surface area (Å²) in [5, 5.41) is 0. The van der Waals surface area contributed by atoms with Crippen molar-refractivity contribution >= 4 is 0 Å². The van der Waals surface area contributed by atoms with E-state index in [1.54, 1.807) is 0 Å². The highest BCUT2D eigenvalue weighted by Crippen LogP contribution is 2.35. The molecule has 2 nitrogen and oxygen atoms in total. The van der Waals surface area contributed by atoms with Gasteiger partial charge in [0.2, 0.25) is 0 Å². The predicted octanol–water partition coefficient (Wildman–Crippen LogP) is 3.83. The van der Waals surface area contributed by atoms with Crippen molar-refractivity contribution in [2.75, 3.05) is 13.1 Å². The zero-order chi connectivity index (χ0) is 14.8. The van der Waals surface area contributed by atoms with Gasteiger partial charge >= 0.3 is 0 Å². The van der Waals surface area contributed by atoms with Crippen LogP contribution in [0.15, 0.2) is 30.3 Å². The molecule has 1 aliphatic rings. The standard InChI is InChI=1S/C18H30N2/c1-14(2)20(12-15-10-11-15)13-18(3,4)17(19)16-8-6-5-7-9-16/h5-9,14-15,17H,10-13,19H2,1-4H3. The molecule has 1 unspecified atom stereocenters. The first-order valence-electron chi connectivity index (χ1n) is 7.95. The fourth-order valence-corrected chi connectivity index (χ4v) is 2.82. The normalized spacial score (nSPS) is 17.8. The van der Waals surface area contributed by atoms with Gasteiger partial charge in [-0.25, -0.2) is 0 Å². The number of rotatable bonds is 7. The molecular weight excluding hydrogens is 244 g/mol. The summed E-state index contributed by atoms with van der Waals surface area (Å²) >= 11 is 0. The van der Waals surface area contributed by atoms with Crippen molar-refractivity contribution in [3.63, 3.8) is 0 Å². The van der Waals surface area contributed by atoms with Crippen LogP contribution < -0.4 is 5.73 Å². The van der Waals surface area contributed by atoms with Gasteiger partial charge in [0.05, 0.1) is 0 Å². The number of hydrogen-bond acceptors (Lipinski definition) is 2. The molecule has 20 heavy (non-hydrogen) atoms. The Kier molecular flexibility index (Phi) is 4.87. The van der Waals surface area contributed by atoms with Gasteiger partial charge < -0.3 is 10.6 Å². The molecule has 1 fully saturated rings. The van der Waals surface area contributed by atoms with Crippen molar-refractivity contribution in [1.82, 2.24) is 4.90 Å². The minimum atomic E-state index is 0.0838. The quantitative estimate of drug-likeness (QED) is 0.818. The van der Waals surface area contributed by atoms with Gasteiger partial charge in [-0.1, -0.05) is 44.2 Å². The molecular formula is C18H30N2. The molecule has 1 atom stereocenters. The van der Waals surface area contributed by atoms with Crippen LogP contribution in [0.5, 0.6) is 0 Å². The highest BCUT2D eigenvalue weighted by molar-refractivity contribution is 5.20. The van der Waals surface area contributed by atoms with Gasteiger partial charge in [-0.05, 0) is 43.6 Å². The number of nitrogens with zero attached hydrogens (tertiary/aromatic N) is 1. The fraction of sp³-hybridized carbons (Fsp3) is 0.667. The molecule has 0 amide bonds. The Bertz CT molecular complexity index is 407. The van der Waals surface area contributed by atoms with Crippen LogP contribution in [-0.4, -0.2) is 24.0 Å². The first-order valence-corrected chi connectivity index (χ1v) is 7.95. The van der Waals surface area contributed by atoms with Crippen molar-refractivity contribution in [3.05, 3.63) is 35.9 Å². The molecule has 1 aromatic rings. The monoisotopic (exact) mass is 274 g/mol. The van der Waals surface area contributed by atoms with E-state index in [2.05, 4.69) is 62.9 Å². The SMILES string of the molecule is CC(C)N(CC1CC1)CC(C)(C)C(N)c1ccccc1. The average Bonchev–Trinajstić information content (AvgIpc) is 3.21. The lowest BCUT2D eigenvalue weighted by atomic mass is 9.80. The van der Waals surface area contributed by atoms with Gasteiger partial charge in [-0.15, -0.1) is 0 Å². The summed E-state index contributed by atoms with van der Waals surface area (Å²) in [6, 6.07) is 11.2. The van der Waals surface area contributed by atoms with Crippen LogP contribution in [0, 0.1) is 11.3 Å². The Morgan fingerprint density at radius 3 is 2.30 bits per heavy atom. The summed E-state index contributed by atoms with van der Waals surface area (Å²) in [6.07, 6.45) is 2.82. The van der Waals surface area contributed by atoms with E-state index in [4.69, 9.17) is 5.73 Å². The van der Waals surface area contributed by atoms with Crippen LogP contribution >= 0.6 is 0 Å². The summed E-state index contributed by atoms with van der Waals surface area (Å²) in [6.45, 7) is 11.5. The summed E-state index contributed by atoms with van der Waals surface area (Å²) in [5.74, 6) is 0.932. The third kappa shape index (κ3) is 4.07. The second-order valence-corrected chi connectivity index (χ2v) is 7.34. The first kappa shape index (κ1) is 15.5. The van der Waals surface area contributed by atoms with Crippen LogP contribution in [0.25, 0.3) is 0 Å². The van der Waals surface area contributed by atoms with Gasteiger partial charge in [0.1, 0.15) is 0 Å². The van der Waals surface area contributed by atoms with Crippen molar-refractivity contribution in [1.29, 1.82) is 0 Å². The van der Waals surface area contributed by atoms with Crippen molar-refractivity contribution in [2.45, 2.75) is 52.6 Å². The van der Waals surface area contributed by atoms with Crippen LogP contribution in [0.1, 0.15) is 52.1 Å². The average molecular weight is 274 g/mol. The summed E-state index contributed by atoms with van der Waals surface area (Å²) in [5.41, 5.74) is 7.87. The fourth-order valence-electron chi connectivity index (χ4n) is 2.82. The van der Waals surface area contributed by atoms with Crippen molar-refractivity contribution < 1.29 is 0 Å². The van der Waals surface area contributed by atoms with Crippen molar-refractivity contribution in [3.8, 4) is 0 Å². The molecule has 0 heterocycles. The minimum absolute atomic E-state index is 0.0838. The van der Waals surface area contributed by atoms with Gasteiger partial charge in [-0.3, -0.25) is 0 Å². The van der Waals surface area contributed by atoms with E-state index < -0.39 is 0 Å². The highest BCUT2D eigenvalue weighted by Gasteiger charge is 2.33. The number of hydrogen-bond donors (Lipinski definition) is 1. The lowest BCUT2D eigenvalue weighted by molar-refractivity contribution is 0.119. The maximum atomic E-state index is 6.54. The Labute approximate surface area is 124 Å². The van der Waals surface area contributed by atoms with Crippen LogP contribution in [0.3, 0.4) is 0 Å². The highest BCUT2D eigenvalue weighted by atomic mass is 15.2. The van der Waals surface area contributed by atoms with E-state index in [-0.39, 0.29) is 11.5 Å². The van der Waals surface area contributed by atoms with E-state index in [1.807, 2.05) is 0 Å². The Morgan fingerprint density at radius 1 is 1.20 bits per heavy atom. The van der Waals surface area contributed by atoms with E-state index in [0.29, 0.717) is 6.04 Å². The van der Waals surface area contributed by atoms with Crippen LogP contribution in [-0.2, 0) is 0 Å². The van der Waals surface area contributed by atoms with Crippen LogP contribution in [0.2, 0.25) is 0 Å². The van der Waals surface area contributed by atoms with Gasteiger partial charge in [-0.2, -0.15) is 0 Å². The van der Waals surface area contributed by atoms with Crippen LogP contribution in [0.4, 0.5) is 0 Å². The largest absolute Gasteiger partial charge is 0.323 e. The third-order valence-electron chi connectivity index (χ3n) is 4.53. The minimum Gasteiger partial charge on any atom is -0.323 e. The smallest absolute Gasteiger partial charge is 0.0359 e. The molecule has 0 radical (unpaired) electrons. The maximum Gasteiger partial charge on any atom is 0.0359 e. The van der Waals surface area contributed by atoms with E-state index in [1.165, 1.54) is 24.9 Å². The third-order valence-corrected chi connectivity index (χ3v) is 4.53. The molecule has 1 aliphatic carbocycles. The number of benzene rings is 1. The van der Waals surface area contributed by atoms with Gasteiger partial charge in [0.15, 0.2) is 0 Å². The molecule has 2 N–H and O–H groups in total. The number of nitrogens with two attached hydrogens (primary N) is 1. The predicted molar refractivity (Wildman–Crippen MR) is 86.6 cm³/mol. The topological polar surface area (TPSA) is 29.3 Å². The van der Waals surface area contributed by atoms with E-state index in [0.717, 1.165) is 12.5 Å². The Hall–Kier alpha value is -0.860. The summed E-state index contributed by atoms with van der Waals surface area (Å²) in [4.78, 5) is 2.61. The second kappa shape index (κ2) is 6.28. The molecule has 0 saturated heterocycles. The maximum absolute atomic E-state index is 6.54. The van der Waals surface area contributed by atoms with Crippen molar-refractivity contribution in [2.24, 2.45) is 17.1 Å². The molecule has 2 heteroatoms. The molecule has 0 bridgehead atoms. The second-order valence-electron chi connectivity index (χ2n) is 7.34. The molecule has 112 valence electrons. The molecule has 1 aromatic carbocycles. The molecule has 2 rings (SSSR count). The molecule has 1 saturated carbocycles. The van der Waals surface area contributed by atoms with Gasteiger partial charge in [0.25, 0.3) is 0 Å². The Balaban J connectivity index is 2.03.